The summed E-state index contributed by atoms with van der Waals surface area (Å²) >= 11 is 0. The maximum atomic E-state index is 10.9. The zero-order chi connectivity index (χ0) is 16.7. The molecule has 5 rings (SSSR count). The van der Waals surface area contributed by atoms with Crippen LogP contribution < -0.4 is 0 Å². The van der Waals surface area contributed by atoms with E-state index in [9.17, 15) is 15.3 Å². The smallest absolute Gasteiger partial charge is 0.0910 e. The Labute approximate surface area is 140 Å². The van der Waals surface area contributed by atoms with Crippen LogP contribution in [-0.4, -0.2) is 33.6 Å². The Morgan fingerprint density at radius 1 is 0.957 bits per heavy atom. The first kappa shape index (κ1) is 16.4. The third kappa shape index (κ3) is 1.93. The van der Waals surface area contributed by atoms with Gasteiger partial charge in [-0.1, -0.05) is 20.8 Å². The summed E-state index contributed by atoms with van der Waals surface area (Å²) in [6.45, 7) is 6.94. The Morgan fingerprint density at radius 3 is 2.35 bits per heavy atom. The maximum Gasteiger partial charge on any atom is 0.0910 e. The fourth-order valence-corrected chi connectivity index (χ4v) is 7.91. The average molecular weight is 322 g/mol. The van der Waals surface area contributed by atoms with Crippen LogP contribution in [-0.2, 0) is 0 Å². The van der Waals surface area contributed by atoms with Crippen LogP contribution in [0.5, 0.6) is 0 Å². The Hall–Kier alpha value is -0.120. The predicted octanol–water partition coefficient (Wildman–Crippen LogP) is 3.11. The van der Waals surface area contributed by atoms with Gasteiger partial charge in [0.2, 0.25) is 0 Å². The lowest BCUT2D eigenvalue weighted by Gasteiger charge is -2.70. The Balaban J connectivity index is 1.72. The van der Waals surface area contributed by atoms with Gasteiger partial charge < -0.3 is 15.3 Å². The average Bonchev–Trinajstić information content (AvgIpc) is 2.51. The van der Waals surface area contributed by atoms with Gasteiger partial charge in [0, 0.05) is 0 Å². The van der Waals surface area contributed by atoms with E-state index in [-0.39, 0.29) is 34.9 Å². The van der Waals surface area contributed by atoms with Gasteiger partial charge in [0.05, 0.1) is 18.3 Å². The number of hydrogen-bond donors (Lipinski definition) is 3. The molecule has 2 bridgehead atoms. The third-order valence-corrected chi connectivity index (χ3v) is 9.18. The summed E-state index contributed by atoms with van der Waals surface area (Å²) in [6.07, 6.45) is 8.40. The van der Waals surface area contributed by atoms with Gasteiger partial charge in [0.1, 0.15) is 0 Å². The van der Waals surface area contributed by atoms with E-state index in [1.807, 2.05) is 0 Å². The second-order valence-corrected chi connectivity index (χ2v) is 10.3. The summed E-state index contributed by atoms with van der Waals surface area (Å²) in [6, 6.07) is 0. The number of rotatable bonds is 1. The molecule has 0 aromatic heterocycles. The van der Waals surface area contributed by atoms with Crippen LogP contribution in [0.1, 0.15) is 72.1 Å². The van der Waals surface area contributed by atoms with Crippen LogP contribution in [0.25, 0.3) is 0 Å². The quantitative estimate of drug-likeness (QED) is 0.695. The first-order chi connectivity index (χ1) is 10.7. The van der Waals surface area contributed by atoms with Crippen molar-refractivity contribution in [3.05, 3.63) is 0 Å². The number of aliphatic hydroxyl groups is 3. The third-order valence-electron chi connectivity index (χ3n) is 9.18. The molecule has 5 aliphatic rings. The van der Waals surface area contributed by atoms with E-state index >= 15 is 0 Å². The highest BCUT2D eigenvalue weighted by molar-refractivity contribution is 5.17. The largest absolute Gasteiger partial charge is 0.393 e. The predicted molar refractivity (Wildman–Crippen MR) is 89.8 cm³/mol. The molecule has 0 aromatic carbocycles. The van der Waals surface area contributed by atoms with Gasteiger partial charge in [0.15, 0.2) is 0 Å². The molecule has 7 atom stereocenters. The Kier molecular flexibility index (Phi) is 3.37. The Bertz CT molecular complexity index is 503. The van der Waals surface area contributed by atoms with Crippen LogP contribution in [0.2, 0.25) is 0 Å². The molecule has 5 fully saturated rings. The minimum atomic E-state index is -0.832. The van der Waals surface area contributed by atoms with Crippen LogP contribution >= 0.6 is 0 Å². The summed E-state index contributed by atoms with van der Waals surface area (Å²) in [5, 5.41) is 31.3. The second kappa shape index (κ2) is 4.74. The van der Waals surface area contributed by atoms with Crippen molar-refractivity contribution in [3.8, 4) is 0 Å². The summed E-state index contributed by atoms with van der Waals surface area (Å²) in [4.78, 5) is 0. The fraction of sp³-hybridized carbons (Fsp3) is 1.00. The lowest BCUT2D eigenvalue weighted by Crippen LogP contribution is -2.66. The molecule has 1 spiro atoms. The molecule has 0 heterocycles. The molecule has 3 N–H and O–H groups in total. The standard InChI is InChI=1S/C20H34O3/c1-17(2)14-5-9-19-8-4-13(20(23,11-19)12-21)10-15(19)18(14,3)7-6-16(17)22/h13-16,21-23H,4-12H2,1-3H3/t13-,14+,15+,16+,18+,19+,20+/m0/s1. The van der Waals surface area contributed by atoms with Gasteiger partial charge in [0.25, 0.3) is 0 Å². The van der Waals surface area contributed by atoms with E-state index in [2.05, 4.69) is 20.8 Å². The molecule has 0 saturated heterocycles. The topological polar surface area (TPSA) is 60.7 Å². The Morgan fingerprint density at radius 2 is 1.65 bits per heavy atom. The molecule has 5 aliphatic carbocycles. The first-order valence-corrected chi connectivity index (χ1v) is 9.69. The minimum absolute atomic E-state index is 0.00141. The number of aliphatic hydroxyl groups excluding tert-OH is 2. The molecule has 3 heteroatoms. The van der Waals surface area contributed by atoms with Gasteiger partial charge >= 0.3 is 0 Å². The SMILES string of the molecule is CC1(C)[C@H](O)CC[C@]2(C)[C@@H]1CC[C@@]13CC[C@@H](C[C@@H]12)[C@](O)(CO)C3. The monoisotopic (exact) mass is 322 g/mol. The molecule has 132 valence electrons. The van der Waals surface area contributed by atoms with E-state index in [0.29, 0.717) is 11.8 Å². The summed E-state index contributed by atoms with van der Waals surface area (Å²) in [7, 11) is 0. The van der Waals surface area contributed by atoms with Crippen LogP contribution in [0, 0.1) is 34.0 Å². The van der Waals surface area contributed by atoms with Gasteiger partial charge in [-0.15, -0.1) is 0 Å². The molecular weight excluding hydrogens is 288 g/mol. The van der Waals surface area contributed by atoms with Crippen molar-refractivity contribution in [2.45, 2.75) is 83.8 Å². The highest BCUT2D eigenvalue weighted by atomic mass is 16.3. The van der Waals surface area contributed by atoms with Crippen molar-refractivity contribution in [1.29, 1.82) is 0 Å². The van der Waals surface area contributed by atoms with Crippen molar-refractivity contribution in [2.24, 2.45) is 34.0 Å². The highest BCUT2D eigenvalue weighted by Gasteiger charge is 2.67. The second-order valence-electron chi connectivity index (χ2n) is 10.3. The van der Waals surface area contributed by atoms with E-state index < -0.39 is 5.60 Å². The highest BCUT2D eigenvalue weighted by Crippen LogP contribution is 2.72. The molecule has 0 aliphatic heterocycles. The van der Waals surface area contributed by atoms with Gasteiger partial charge in [-0.3, -0.25) is 0 Å². The first-order valence-electron chi connectivity index (χ1n) is 9.69. The van der Waals surface area contributed by atoms with Crippen LogP contribution in [0.4, 0.5) is 0 Å². The molecule has 0 radical (unpaired) electrons. The van der Waals surface area contributed by atoms with Crippen molar-refractivity contribution in [1.82, 2.24) is 0 Å². The summed E-state index contributed by atoms with van der Waals surface area (Å²) in [5.41, 5.74) is -0.313. The van der Waals surface area contributed by atoms with E-state index in [1.165, 1.54) is 19.3 Å². The van der Waals surface area contributed by atoms with Crippen molar-refractivity contribution in [3.63, 3.8) is 0 Å². The fourth-order valence-electron chi connectivity index (χ4n) is 7.91. The molecule has 5 saturated carbocycles. The van der Waals surface area contributed by atoms with Crippen molar-refractivity contribution < 1.29 is 15.3 Å². The van der Waals surface area contributed by atoms with Crippen LogP contribution in [0.3, 0.4) is 0 Å². The van der Waals surface area contributed by atoms with Crippen LogP contribution in [0.15, 0.2) is 0 Å². The van der Waals surface area contributed by atoms with E-state index in [4.69, 9.17) is 0 Å². The van der Waals surface area contributed by atoms with Gasteiger partial charge in [-0.05, 0) is 85.4 Å². The van der Waals surface area contributed by atoms with Gasteiger partial charge in [-0.25, -0.2) is 0 Å². The molecule has 0 unspecified atom stereocenters. The number of fused-ring (bicyclic) bond motifs is 3. The lowest BCUT2D eigenvalue weighted by atomic mass is 9.35. The lowest BCUT2D eigenvalue weighted by molar-refractivity contribution is -0.252. The molecule has 23 heavy (non-hydrogen) atoms. The summed E-state index contributed by atoms with van der Waals surface area (Å²) in [5.74, 6) is 1.51. The van der Waals surface area contributed by atoms with Crippen molar-refractivity contribution in [2.75, 3.05) is 6.61 Å². The zero-order valence-electron chi connectivity index (χ0n) is 15.0. The molecule has 0 amide bonds. The molecule has 0 aromatic rings. The van der Waals surface area contributed by atoms with E-state index in [1.54, 1.807) is 0 Å². The normalized spacial score (nSPS) is 57.7. The zero-order valence-corrected chi connectivity index (χ0v) is 15.0. The van der Waals surface area contributed by atoms with Gasteiger partial charge in [-0.2, -0.15) is 0 Å². The number of hydrogen-bond acceptors (Lipinski definition) is 3. The van der Waals surface area contributed by atoms with Crippen molar-refractivity contribution >= 4 is 0 Å². The maximum absolute atomic E-state index is 10.9. The molecular formula is C20H34O3. The van der Waals surface area contributed by atoms with E-state index in [0.717, 1.165) is 32.1 Å². The molecule has 3 nitrogen and oxygen atoms in total. The summed E-state index contributed by atoms with van der Waals surface area (Å²) < 4.78 is 0. The minimum Gasteiger partial charge on any atom is -0.393 e.